The monoisotopic (exact) mass is 383 g/mol. The number of benzene rings is 1. The van der Waals surface area contributed by atoms with Crippen LogP contribution in [0.4, 0.5) is 0 Å². The van der Waals surface area contributed by atoms with Gasteiger partial charge in [-0.25, -0.2) is 0 Å². The van der Waals surface area contributed by atoms with Crippen LogP contribution < -0.4 is 5.32 Å². The molecular weight excluding hydrogens is 358 g/mol. The zero-order chi connectivity index (χ0) is 16.8. The van der Waals surface area contributed by atoms with Gasteiger partial charge in [0.25, 0.3) is 0 Å². The molecule has 2 saturated heterocycles. The Morgan fingerprint density at radius 1 is 1.08 bits per heavy atom. The van der Waals surface area contributed by atoms with Crippen molar-refractivity contribution in [3.05, 3.63) is 35.9 Å². The fourth-order valence-electron chi connectivity index (χ4n) is 3.20. The van der Waals surface area contributed by atoms with Gasteiger partial charge in [-0.1, -0.05) is 30.3 Å². The number of halogens is 1. The summed E-state index contributed by atoms with van der Waals surface area (Å²) in [5.74, 6) is 2.12. The first-order valence-electron chi connectivity index (χ1n) is 8.65. The lowest BCUT2D eigenvalue weighted by atomic mass is 10.1. The number of carbonyl (C=O) groups is 2. The maximum Gasteiger partial charge on any atom is 0.240 e. The van der Waals surface area contributed by atoms with E-state index in [1.807, 2.05) is 28.0 Å². The van der Waals surface area contributed by atoms with Crippen LogP contribution >= 0.6 is 24.2 Å². The van der Waals surface area contributed by atoms with E-state index in [2.05, 4.69) is 17.4 Å². The van der Waals surface area contributed by atoms with Gasteiger partial charge in [0, 0.05) is 44.2 Å². The third-order valence-electron chi connectivity index (χ3n) is 4.66. The molecule has 2 aliphatic rings. The zero-order valence-electron chi connectivity index (χ0n) is 14.4. The molecule has 0 bridgehead atoms. The van der Waals surface area contributed by atoms with Crippen LogP contribution in [0, 0.1) is 0 Å². The molecule has 3 rings (SSSR count). The Balaban J connectivity index is 0.00000225. The van der Waals surface area contributed by atoms with Gasteiger partial charge in [0.1, 0.15) is 0 Å². The number of nitrogens with zero attached hydrogens (tertiary/aromatic N) is 2. The Labute approximate surface area is 159 Å². The third-order valence-corrected chi connectivity index (χ3v) is 5.60. The highest BCUT2D eigenvalue weighted by atomic mass is 35.5. The van der Waals surface area contributed by atoms with Crippen molar-refractivity contribution in [2.75, 3.05) is 37.8 Å². The molecule has 0 aliphatic carbocycles. The van der Waals surface area contributed by atoms with Gasteiger partial charge >= 0.3 is 0 Å². The number of hydrogen-bond acceptors (Lipinski definition) is 4. The second-order valence-electron chi connectivity index (χ2n) is 6.32. The Kier molecular flexibility index (Phi) is 8.06. The maximum absolute atomic E-state index is 12.4. The molecule has 1 aromatic rings. The number of piperazine rings is 1. The van der Waals surface area contributed by atoms with Gasteiger partial charge in [-0.3, -0.25) is 14.9 Å². The second kappa shape index (κ2) is 10.0. The SMILES string of the molecule is Cl.O=C(CCCc1ccccc1)N1CCN(C(=O)C2CSCN2)CC1. The molecule has 0 saturated carbocycles. The molecule has 1 unspecified atom stereocenters. The molecule has 5 nitrogen and oxygen atoms in total. The molecule has 138 valence electrons. The molecule has 7 heteroatoms. The molecule has 2 fully saturated rings. The van der Waals surface area contributed by atoms with Crippen molar-refractivity contribution in [3.63, 3.8) is 0 Å². The Hall–Kier alpha value is -1.24. The van der Waals surface area contributed by atoms with E-state index < -0.39 is 0 Å². The van der Waals surface area contributed by atoms with Gasteiger partial charge in [0.15, 0.2) is 0 Å². The summed E-state index contributed by atoms with van der Waals surface area (Å²) in [7, 11) is 0. The Bertz CT molecular complexity index is 559. The summed E-state index contributed by atoms with van der Waals surface area (Å²) in [4.78, 5) is 28.5. The molecule has 0 spiro atoms. The van der Waals surface area contributed by atoms with Crippen LogP contribution in [-0.4, -0.2) is 65.5 Å². The summed E-state index contributed by atoms with van der Waals surface area (Å²) in [5.41, 5.74) is 1.28. The molecule has 2 aliphatic heterocycles. The normalized spacial score (nSPS) is 20.2. The molecule has 25 heavy (non-hydrogen) atoms. The zero-order valence-corrected chi connectivity index (χ0v) is 16.0. The van der Waals surface area contributed by atoms with E-state index in [1.54, 1.807) is 11.8 Å². The lowest BCUT2D eigenvalue weighted by molar-refractivity contribution is -0.140. The summed E-state index contributed by atoms with van der Waals surface area (Å²) in [6, 6.07) is 10.2. The first kappa shape index (κ1) is 20.1. The van der Waals surface area contributed by atoms with E-state index >= 15 is 0 Å². The lowest BCUT2D eigenvalue weighted by Gasteiger charge is -2.36. The van der Waals surface area contributed by atoms with E-state index in [0.717, 1.165) is 24.5 Å². The average Bonchev–Trinajstić information content (AvgIpc) is 3.17. The molecule has 1 aromatic carbocycles. The van der Waals surface area contributed by atoms with Crippen molar-refractivity contribution < 1.29 is 9.59 Å². The molecule has 2 heterocycles. The van der Waals surface area contributed by atoms with Crippen LogP contribution in [0.25, 0.3) is 0 Å². The fourth-order valence-corrected chi connectivity index (χ4v) is 4.13. The van der Waals surface area contributed by atoms with Gasteiger partial charge in [-0.15, -0.1) is 24.2 Å². The number of aryl methyl sites for hydroxylation is 1. The predicted octanol–water partition coefficient (Wildman–Crippen LogP) is 1.76. The molecule has 0 aromatic heterocycles. The highest BCUT2D eigenvalue weighted by Gasteiger charge is 2.30. The molecule has 2 amide bonds. The number of nitrogens with one attached hydrogen (secondary N) is 1. The minimum atomic E-state index is -0.0388. The Morgan fingerprint density at radius 3 is 2.40 bits per heavy atom. The summed E-state index contributed by atoms with van der Waals surface area (Å²) in [6.45, 7) is 2.64. The van der Waals surface area contributed by atoms with Gasteiger partial charge < -0.3 is 9.80 Å². The predicted molar refractivity (Wildman–Crippen MR) is 104 cm³/mol. The average molecular weight is 384 g/mol. The molecule has 1 N–H and O–H groups in total. The Morgan fingerprint density at radius 2 is 1.76 bits per heavy atom. The van der Waals surface area contributed by atoms with E-state index in [4.69, 9.17) is 0 Å². The van der Waals surface area contributed by atoms with E-state index in [1.165, 1.54) is 5.56 Å². The number of thioether (sulfide) groups is 1. The van der Waals surface area contributed by atoms with Crippen molar-refractivity contribution in [1.29, 1.82) is 0 Å². The number of amides is 2. The minimum absolute atomic E-state index is 0. The van der Waals surface area contributed by atoms with E-state index in [9.17, 15) is 9.59 Å². The van der Waals surface area contributed by atoms with Gasteiger partial charge in [-0.05, 0) is 18.4 Å². The molecular formula is C18H26ClN3O2S. The highest BCUT2D eigenvalue weighted by Crippen LogP contribution is 2.14. The largest absolute Gasteiger partial charge is 0.339 e. The lowest BCUT2D eigenvalue weighted by Crippen LogP contribution is -2.54. The molecule has 0 radical (unpaired) electrons. The summed E-state index contributed by atoms with van der Waals surface area (Å²) in [6.07, 6.45) is 2.41. The van der Waals surface area contributed by atoms with Crippen molar-refractivity contribution in [2.24, 2.45) is 0 Å². The number of carbonyl (C=O) groups excluding carboxylic acids is 2. The van der Waals surface area contributed by atoms with Crippen LogP contribution in [0.15, 0.2) is 30.3 Å². The van der Waals surface area contributed by atoms with Crippen molar-refractivity contribution in [2.45, 2.75) is 25.3 Å². The topological polar surface area (TPSA) is 52.7 Å². The van der Waals surface area contributed by atoms with Crippen molar-refractivity contribution >= 4 is 36.0 Å². The molecule has 1 atom stereocenters. The smallest absolute Gasteiger partial charge is 0.240 e. The first-order chi connectivity index (χ1) is 11.7. The van der Waals surface area contributed by atoms with Crippen LogP contribution in [0.3, 0.4) is 0 Å². The number of rotatable bonds is 5. The third kappa shape index (κ3) is 5.62. The van der Waals surface area contributed by atoms with Gasteiger partial charge in [0.2, 0.25) is 11.8 Å². The van der Waals surface area contributed by atoms with Crippen molar-refractivity contribution in [3.8, 4) is 0 Å². The summed E-state index contributed by atoms with van der Waals surface area (Å²) < 4.78 is 0. The van der Waals surface area contributed by atoms with Crippen LogP contribution in [0.2, 0.25) is 0 Å². The fraction of sp³-hybridized carbons (Fsp3) is 0.556. The van der Waals surface area contributed by atoms with Crippen LogP contribution in [-0.2, 0) is 16.0 Å². The second-order valence-corrected chi connectivity index (χ2v) is 7.35. The van der Waals surface area contributed by atoms with E-state index in [0.29, 0.717) is 32.6 Å². The summed E-state index contributed by atoms with van der Waals surface area (Å²) >= 11 is 1.76. The van der Waals surface area contributed by atoms with Crippen LogP contribution in [0.5, 0.6) is 0 Å². The van der Waals surface area contributed by atoms with Gasteiger partial charge in [-0.2, -0.15) is 0 Å². The van der Waals surface area contributed by atoms with Crippen LogP contribution in [0.1, 0.15) is 18.4 Å². The quantitative estimate of drug-likeness (QED) is 0.841. The minimum Gasteiger partial charge on any atom is -0.339 e. The van der Waals surface area contributed by atoms with E-state index in [-0.39, 0.29) is 30.3 Å². The van der Waals surface area contributed by atoms with Gasteiger partial charge in [0.05, 0.1) is 6.04 Å². The highest BCUT2D eigenvalue weighted by molar-refractivity contribution is 7.99. The first-order valence-corrected chi connectivity index (χ1v) is 9.81. The standard InChI is InChI=1S/C18H25N3O2S.ClH/c22-17(8-4-7-15-5-2-1-3-6-15)20-9-11-21(12-10-20)18(23)16-13-24-14-19-16;/h1-3,5-6,16,19H,4,7-14H2;1H. The van der Waals surface area contributed by atoms with Crippen molar-refractivity contribution in [1.82, 2.24) is 15.1 Å². The maximum atomic E-state index is 12.4. The summed E-state index contributed by atoms with van der Waals surface area (Å²) in [5, 5.41) is 3.22. The number of hydrogen-bond donors (Lipinski definition) is 1.